The molecule has 10 heteroatoms. The van der Waals surface area contributed by atoms with E-state index in [1.54, 1.807) is 0 Å². The van der Waals surface area contributed by atoms with E-state index in [0.717, 1.165) is 7.05 Å². The summed E-state index contributed by atoms with van der Waals surface area (Å²) < 4.78 is 69.1. The van der Waals surface area contributed by atoms with Crippen molar-refractivity contribution in [3.63, 3.8) is 0 Å². The molecule has 0 unspecified atom stereocenters. The second-order valence-corrected chi connectivity index (χ2v) is 3.83. The van der Waals surface area contributed by atoms with Crippen molar-refractivity contribution in [3.05, 3.63) is 29.1 Å². The standard InChI is InChI=1S/C11H8F5NO4/c1-17(2-5(19)20)4(18)3-21-11-9(15)7(13)6(12)8(14)10(11)16/h2-3H2,1H3,(H,19,20). The molecule has 1 aromatic rings. The highest BCUT2D eigenvalue weighted by Gasteiger charge is 2.27. The number of carbonyl (C=O) groups excluding carboxylic acids is 1. The molecule has 116 valence electrons. The van der Waals surface area contributed by atoms with Crippen molar-refractivity contribution in [2.24, 2.45) is 0 Å². The summed E-state index contributed by atoms with van der Waals surface area (Å²) in [4.78, 5) is 22.3. The summed E-state index contributed by atoms with van der Waals surface area (Å²) in [5.41, 5.74) is 0. The van der Waals surface area contributed by atoms with E-state index in [2.05, 4.69) is 4.74 Å². The number of nitrogens with zero attached hydrogens (tertiary/aromatic N) is 1. The summed E-state index contributed by atoms with van der Waals surface area (Å²) in [7, 11) is 1.05. The summed E-state index contributed by atoms with van der Waals surface area (Å²) >= 11 is 0. The van der Waals surface area contributed by atoms with Crippen molar-refractivity contribution in [3.8, 4) is 5.75 Å². The van der Waals surface area contributed by atoms with E-state index in [1.807, 2.05) is 0 Å². The molecule has 0 heterocycles. The van der Waals surface area contributed by atoms with E-state index in [9.17, 15) is 31.5 Å². The normalized spacial score (nSPS) is 10.4. The number of amides is 1. The molecule has 0 radical (unpaired) electrons. The van der Waals surface area contributed by atoms with Crippen LogP contribution in [0.3, 0.4) is 0 Å². The van der Waals surface area contributed by atoms with Gasteiger partial charge in [0.25, 0.3) is 5.91 Å². The van der Waals surface area contributed by atoms with Gasteiger partial charge in [0.15, 0.2) is 12.4 Å². The third-order valence-electron chi connectivity index (χ3n) is 2.31. The molecule has 0 aromatic heterocycles. The zero-order chi connectivity index (χ0) is 16.3. The number of benzene rings is 1. The largest absolute Gasteiger partial charge is 0.480 e. The van der Waals surface area contributed by atoms with Gasteiger partial charge in [-0.2, -0.15) is 8.78 Å². The van der Waals surface area contributed by atoms with Crippen LogP contribution in [0.4, 0.5) is 22.0 Å². The highest BCUT2D eigenvalue weighted by molar-refractivity contribution is 5.82. The quantitative estimate of drug-likeness (QED) is 0.505. The third kappa shape index (κ3) is 3.58. The lowest BCUT2D eigenvalue weighted by Gasteiger charge is -2.15. The van der Waals surface area contributed by atoms with Gasteiger partial charge in [0.05, 0.1) is 0 Å². The minimum atomic E-state index is -2.35. The number of carbonyl (C=O) groups is 2. The molecule has 0 spiro atoms. The van der Waals surface area contributed by atoms with Gasteiger partial charge in [-0.05, 0) is 0 Å². The van der Waals surface area contributed by atoms with Crippen LogP contribution in [0.15, 0.2) is 0 Å². The van der Waals surface area contributed by atoms with Crippen molar-refractivity contribution in [1.82, 2.24) is 4.90 Å². The molecular formula is C11H8F5NO4. The summed E-state index contributed by atoms with van der Waals surface area (Å²) in [6, 6.07) is 0. The van der Waals surface area contributed by atoms with Crippen molar-refractivity contribution in [2.45, 2.75) is 0 Å². The molecule has 0 aliphatic heterocycles. The maximum Gasteiger partial charge on any atom is 0.323 e. The lowest BCUT2D eigenvalue weighted by molar-refractivity contribution is -0.144. The minimum absolute atomic E-state index is 0.633. The number of carboxylic acid groups (broad SMARTS) is 1. The molecule has 1 aromatic carbocycles. The molecule has 0 saturated carbocycles. The number of hydrogen-bond acceptors (Lipinski definition) is 3. The fourth-order valence-corrected chi connectivity index (χ4v) is 1.25. The lowest BCUT2D eigenvalue weighted by atomic mass is 10.2. The van der Waals surface area contributed by atoms with E-state index in [1.165, 1.54) is 0 Å². The van der Waals surface area contributed by atoms with Crippen LogP contribution in [0.1, 0.15) is 0 Å². The van der Waals surface area contributed by atoms with E-state index in [-0.39, 0.29) is 0 Å². The molecule has 0 aliphatic rings. The molecule has 1 N–H and O–H groups in total. The van der Waals surface area contributed by atoms with Crippen molar-refractivity contribution >= 4 is 11.9 Å². The average molecular weight is 313 g/mol. The van der Waals surface area contributed by atoms with Crippen LogP contribution in [0.25, 0.3) is 0 Å². The highest BCUT2D eigenvalue weighted by atomic mass is 19.2. The summed E-state index contributed by atoms with van der Waals surface area (Å²) in [5, 5.41) is 8.41. The number of ether oxygens (including phenoxy) is 1. The van der Waals surface area contributed by atoms with Crippen molar-refractivity contribution in [2.75, 3.05) is 20.2 Å². The Balaban J connectivity index is 2.90. The Kier molecular flexibility index (Phi) is 5.06. The number of halogens is 5. The van der Waals surface area contributed by atoms with Gasteiger partial charge < -0.3 is 14.7 Å². The first-order valence-electron chi connectivity index (χ1n) is 5.26. The highest BCUT2D eigenvalue weighted by Crippen LogP contribution is 2.28. The molecule has 0 aliphatic carbocycles. The first-order chi connectivity index (χ1) is 9.66. The maximum absolute atomic E-state index is 13.2. The number of aliphatic carboxylic acids is 1. The lowest BCUT2D eigenvalue weighted by Crippen LogP contribution is -2.35. The molecule has 21 heavy (non-hydrogen) atoms. The Labute approximate surface area is 114 Å². The third-order valence-corrected chi connectivity index (χ3v) is 2.31. The van der Waals surface area contributed by atoms with Crippen LogP contribution in [-0.4, -0.2) is 42.1 Å². The van der Waals surface area contributed by atoms with Crippen LogP contribution in [0, 0.1) is 29.1 Å². The Morgan fingerprint density at radius 1 is 1.00 bits per heavy atom. The van der Waals surface area contributed by atoms with Gasteiger partial charge in [0, 0.05) is 7.05 Å². The summed E-state index contributed by atoms with van der Waals surface area (Å²) in [6.07, 6.45) is 0. The molecule has 1 rings (SSSR count). The summed E-state index contributed by atoms with van der Waals surface area (Å²) in [5.74, 6) is -15.2. The number of hydrogen-bond donors (Lipinski definition) is 1. The number of rotatable bonds is 5. The van der Waals surface area contributed by atoms with E-state index >= 15 is 0 Å². The minimum Gasteiger partial charge on any atom is -0.480 e. The van der Waals surface area contributed by atoms with Gasteiger partial charge in [0.1, 0.15) is 6.54 Å². The molecule has 0 saturated heterocycles. The van der Waals surface area contributed by atoms with Crippen molar-refractivity contribution < 1.29 is 41.4 Å². The second-order valence-electron chi connectivity index (χ2n) is 3.83. The van der Waals surface area contributed by atoms with Crippen LogP contribution in [0.5, 0.6) is 5.75 Å². The van der Waals surface area contributed by atoms with Crippen LogP contribution >= 0.6 is 0 Å². The Hall–Kier alpha value is -2.39. The van der Waals surface area contributed by atoms with Crippen molar-refractivity contribution in [1.29, 1.82) is 0 Å². The molecule has 1 amide bonds. The van der Waals surface area contributed by atoms with Gasteiger partial charge in [-0.15, -0.1) is 0 Å². The van der Waals surface area contributed by atoms with Crippen LogP contribution < -0.4 is 4.74 Å². The van der Waals surface area contributed by atoms with Crippen LogP contribution in [0.2, 0.25) is 0 Å². The first-order valence-corrected chi connectivity index (χ1v) is 5.26. The molecular weight excluding hydrogens is 305 g/mol. The van der Waals surface area contributed by atoms with Gasteiger partial charge in [0.2, 0.25) is 29.1 Å². The van der Waals surface area contributed by atoms with Gasteiger partial charge in [-0.25, -0.2) is 13.2 Å². The number of carboxylic acids is 1. The maximum atomic E-state index is 13.2. The van der Waals surface area contributed by atoms with Gasteiger partial charge in [-0.3, -0.25) is 9.59 Å². The zero-order valence-electron chi connectivity index (χ0n) is 10.4. The topological polar surface area (TPSA) is 66.8 Å². The smallest absolute Gasteiger partial charge is 0.323 e. The SMILES string of the molecule is CN(CC(=O)O)C(=O)COc1c(F)c(F)c(F)c(F)c1F. The van der Waals surface area contributed by atoms with E-state index < -0.39 is 59.9 Å². The predicted octanol–water partition coefficient (Wildman–Crippen LogP) is 1.30. The van der Waals surface area contributed by atoms with Gasteiger partial charge >= 0.3 is 5.97 Å². The van der Waals surface area contributed by atoms with Crippen LogP contribution in [-0.2, 0) is 9.59 Å². The zero-order valence-corrected chi connectivity index (χ0v) is 10.4. The first kappa shape index (κ1) is 16.7. The molecule has 0 fully saturated rings. The fraction of sp³-hybridized carbons (Fsp3) is 0.273. The fourth-order valence-electron chi connectivity index (χ4n) is 1.25. The molecule has 0 atom stereocenters. The Bertz CT molecular complexity index is 563. The van der Waals surface area contributed by atoms with E-state index in [0.29, 0.717) is 4.90 Å². The van der Waals surface area contributed by atoms with E-state index in [4.69, 9.17) is 5.11 Å². The molecule has 0 bridgehead atoms. The Morgan fingerprint density at radius 2 is 1.43 bits per heavy atom. The van der Waals surface area contributed by atoms with Gasteiger partial charge in [-0.1, -0.05) is 0 Å². The number of likely N-dealkylation sites (N-methyl/N-ethyl adjacent to an activating group) is 1. The monoisotopic (exact) mass is 313 g/mol. The Morgan fingerprint density at radius 3 is 1.86 bits per heavy atom. The summed E-state index contributed by atoms with van der Waals surface area (Å²) in [6.45, 7) is -1.82. The molecule has 5 nitrogen and oxygen atoms in total. The predicted molar refractivity (Wildman–Crippen MR) is 57.0 cm³/mol. The average Bonchev–Trinajstić information content (AvgIpc) is 2.42. The second kappa shape index (κ2) is 6.37.